The van der Waals surface area contributed by atoms with Crippen LogP contribution in [-0.4, -0.2) is 61.9 Å². The molecule has 1 N–H and O–H groups in total. The Kier molecular flexibility index (Phi) is 8.16. The Morgan fingerprint density at radius 2 is 1.81 bits per heavy atom. The van der Waals surface area contributed by atoms with Crippen molar-refractivity contribution in [2.45, 2.75) is 32.9 Å². The van der Waals surface area contributed by atoms with Crippen molar-refractivity contribution in [2.75, 3.05) is 26.4 Å². The predicted molar refractivity (Wildman–Crippen MR) is 97.2 cm³/mol. The third kappa shape index (κ3) is 6.72. The maximum atomic E-state index is 13.1. The standard InChI is InChI=1S/C17H26FN3O4S/c1-5-10-19-17(23)13(2)21(11-14-6-8-15(18)9-7-14)16(22)12-20(3)26(4,24)25/h6-9,13H,5,10-12H2,1-4H3,(H,19,23)/t13-/m0/s1. The van der Waals surface area contributed by atoms with Crippen molar-refractivity contribution in [1.29, 1.82) is 0 Å². The summed E-state index contributed by atoms with van der Waals surface area (Å²) in [7, 11) is -2.24. The monoisotopic (exact) mass is 387 g/mol. The van der Waals surface area contributed by atoms with Gasteiger partial charge in [0.2, 0.25) is 21.8 Å². The largest absolute Gasteiger partial charge is 0.354 e. The van der Waals surface area contributed by atoms with Crippen LogP contribution in [0.1, 0.15) is 25.8 Å². The highest BCUT2D eigenvalue weighted by Crippen LogP contribution is 2.12. The molecule has 0 aromatic heterocycles. The Morgan fingerprint density at radius 1 is 1.23 bits per heavy atom. The summed E-state index contributed by atoms with van der Waals surface area (Å²) in [5, 5.41) is 2.72. The molecule has 9 heteroatoms. The van der Waals surface area contributed by atoms with Gasteiger partial charge in [-0.15, -0.1) is 0 Å². The molecule has 0 radical (unpaired) electrons. The lowest BCUT2D eigenvalue weighted by atomic mass is 10.1. The lowest BCUT2D eigenvalue weighted by Crippen LogP contribution is -2.50. The first-order valence-electron chi connectivity index (χ1n) is 8.29. The first-order valence-corrected chi connectivity index (χ1v) is 10.1. The van der Waals surface area contributed by atoms with Gasteiger partial charge in [0, 0.05) is 20.1 Å². The number of sulfonamides is 1. The second-order valence-electron chi connectivity index (χ2n) is 6.13. The molecule has 1 aromatic carbocycles. The number of nitrogens with zero attached hydrogens (tertiary/aromatic N) is 2. The molecule has 1 aromatic rings. The fourth-order valence-electron chi connectivity index (χ4n) is 2.16. The van der Waals surface area contributed by atoms with Gasteiger partial charge in [0.05, 0.1) is 12.8 Å². The van der Waals surface area contributed by atoms with Crippen LogP contribution in [-0.2, 0) is 26.2 Å². The molecule has 0 unspecified atom stereocenters. The Hall–Kier alpha value is -2.00. The number of rotatable bonds is 9. The summed E-state index contributed by atoms with van der Waals surface area (Å²) in [4.78, 5) is 26.2. The molecule has 1 atom stereocenters. The molecule has 7 nitrogen and oxygen atoms in total. The number of halogens is 1. The molecule has 0 aliphatic rings. The molecule has 26 heavy (non-hydrogen) atoms. The van der Waals surface area contributed by atoms with E-state index in [0.29, 0.717) is 12.1 Å². The average Bonchev–Trinajstić information content (AvgIpc) is 2.57. The van der Waals surface area contributed by atoms with Gasteiger partial charge < -0.3 is 10.2 Å². The van der Waals surface area contributed by atoms with E-state index in [0.717, 1.165) is 17.0 Å². The minimum absolute atomic E-state index is 0.0669. The third-order valence-corrected chi connectivity index (χ3v) is 5.17. The van der Waals surface area contributed by atoms with Gasteiger partial charge in [0.1, 0.15) is 11.9 Å². The molecule has 146 valence electrons. The number of amides is 2. The molecule has 0 bridgehead atoms. The number of hydrogen-bond acceptors (Lipinski definition) is 4. The van der Waals surface area contributed by atoms with Crippen LogP contribution in [0, 0.1) is 5.82 Å². The number of likely N-dealkylation sites (N-methyl/N-ethyl adjacent to an activating group) is 1. The minimum Gasteiger partial charge on any atom is -0.354 e. The maximum Gasteiger partial charge on any atom is 0.242 e. The van der Waals surface area contributed by atoms with E-state index in [1.165, 1.54) is 36.2 Å². The molecule has 0 spiro atoms. The third-order valence-electron chi connectivity index (χ3n) is 3.91. The number of hydrogen-bond donors (Lipinski definition) is 1. The van der Waals surface area contributed by atoms with Crippen molar-refractivity contribution in [3.05, 3.63) is 35.6 Å². The van der Waals surface area contributed by atoms with Crippen molar-refractivity contribution in [3.63, 3.8) is 0 Å². The summed E-state index contributed by atoms with van der Waals surface area (Å²) in [6, 6.07) is 4.77. The van der Waals surface area contributed by atoms with E-state index in [1.807, 2.05) is 6.92 Å². The van der Waals surface area contributed by atoms with Crippen LogP contribution >= 0.6 is 0 Å². The molecule has 0 fully saturated rings. The van der Waals surface area contributed by atoms with E-state index < -0.39 is 27.8 Å². The van der Waals surface area contributed by atoms with Crippen molar-refractivity contribution < 1.29 is 22.4 Å². The minimum atomic E-state index is -3.53. The number of benzene rings is 1. The SMILES string of the molecule is CCCNC(=O)[C@H](C)N(Cc1ccc(F)cc1)C(=O)CN(C)S(C)(=O)=O. The molecule has 1 rings (SSSR count). The van der Waals surface area contributed by atoms with E-state index in [1.54, 1.807) is 6.92 Å². The van der Waals surface area contributed by atoms with Crippen LogP contribution in [0.5, 0.6) is 0 Å². The molecule has 0 saturated heterocycles. The zero-order chi connectivity index (χ0) is 19.9. The summed E-state index contributed by atoms with van der Waals surface area (Å²) in [6.45, 7) is 3.65. The quantitative estimate of drug-likeness (QED) is 0.684. The van der Waals surface area contributed by atoms with Crippen LogP contribution in [0.25, 0.3) is 0 Å². The highest BCUT2D eigenvalue weighted by Gasteiger charge is 2.28. The predicted octanol–water partition coefficient (Wildman–Crippen LogP) is 0.960. The highest BCUT2D eigenvalue weighted by atomic mass is 32.2. The van der Waals surface area contributed by atoms with Gasteiger partial charge >= 0.3 is 0 Å². The van der Waals surface area contributed by atoms with Gasteiger partial charge in [-0.25, -0.2) is 12.8 Å². The van der Waals surface area contributed by atoms with Gasteiger partial charge in [-0.1, -0.05) is 19.1 Å². The zero-order valence-electron chi connectivity index (χ0n) is 15.5. The summed E-state index contributed by atoms with van der Waals surface area (Å²) in [6.07, 6.45) is 1.75. The summed E-state index contributed by atoms with van der Waals surface area (Å²) >= 11 is 0. The Labute approximate surface area is 154 Å². The lowest BCUT2D eigenvalue weighted by molar-refractivity contribution is -0.140. The van der Waals surface area contributed by atoms with Crippen LogP contribution in [0.15, 0.2) is 24.3 Å². The molecular weight excluding hydrogens is 361 g/mol. The second kappa shape index (κ2) is 9.63. The van der Waals surface area contributed by atoms with Crippen molar-refractivity contribution >= 4 is 21.8 Å². The van der Waals surface area contributed by atoms with Crippen molar-refractivity contribution in [2.24, 2.45) is 0 Å². The molecule has 0 saturated carbocycles. The van der Waals surface area contributed by atoms with Crippen molar-refractivity contribution in [3.8, 4) is 0 Å². The normalized spacial score (nSPS) is 12.7. The van der Waals surface area contributed by atoms with E-state index in [9.17, 15) is 22.4 Å². The van der Waals surface area contributed by atoms with Gasteiger partial charge in [0.15, 0.2) is 0 Å². The second-order valence-corrected chi connectivity index (χ2v) is 8.22. The Balaban J connectivity index is 3.01. The van der Waals surface area contributed by atoms with Gasteiger partial charge in [-0.2, -0.15) is 4.31 Å². The Bertz CT molecular complexity index is 722. The molecular formula is C17H26FN3O4S. The summed E-state index contributed by atoms with van der Waals surface area (Å²) < 4.78 is 37.1. The van der Waals surface area contributed by atoms with E-state index in [2.05, 4.69) is 5.32 Å². The lowest BCUT2D eigenvalue weighted by Gasteiger charge is -2.30. The maximum absolute atomic E-state index is 13.1. The van der Waals surface area contributed by atoms with Crippen LogP contribution in [0.3, 0.4) is 0 Å². The fourth-order valence-corrected chi connectivity index (χ4v) is 2.51. The Morgan fingerprint density at radius 3 is 2.31 bits per heavy atom. The number of carbonyl (C=O) groups is 2. The molecule has 2 amide bonds. The van der Waals surface area contributed by atoms with E-state index in [-0.39, 0.29) is 19.0 Å². The van der Waals surface area contributed by atoms with Crippen molar-refractivity contribution in [1.82, 2.24) is 14.5 Å². The summed E-state index contributed by atoms with van der Waals surface area (Å²) in [5.41, 5.74) is 0.636. The number of nitrogens with one attached hydrogen (secondary N) is 1. The summed E-state index contributed by atoms with van der Waals surface area (Å²) in [5.74, 6) is -1.25. The average molecular weight is 387 g/mol. The van der Waals surface area contributed by atoms with Crippen LogP contribution in [0.2, 0.25) is 0 Å². The zero-order valence-corrected chi connectivity index (χ0v) is 16.3. The fraction of sp³-hybridized carbons (Fsp3) is 0.529. The van der Waals surface area contributed by atoms with Crippen LogP contribution in [0.4, 0.5) is 4.39 Å². The van der Waals surface area contributed by atoms with E-state index in [4.69, 9.17) is 0 Å². The smallest absolute Gasteiger partial charge is 0.242 e. The van der Waals surface area contributed by atoms with E-state index >= 15 is 0 Å². The first-order chi connectivity index (χ1) is 12.1. The van der Waals surface area contributed by atoms with Gasteiger partial charge in [-0.05, 0) is 31.0 Å². The highest BCUT2D eigenvalue weighted by molar-refractivity contribution is 7.88. The van der Waals surface area contributed by atoms with Crippen LogP contribution < -0.4 is 5.32 Å². The molecule has 0 aliphatic heterocycles. The number of carbonyl (C=O) groups excluding carboxylic acids is 2. The first kappa shape index (κ1) is 22.0. The van der Waals surface area contributed by atoms with Gasteiger partial charge in [0.25, 0.3) is 0 Å². The molecule has 0 heterocycles. The molecule has 0 aliphatic carbocycles. The topological polar surface area (TPSA) is 86.8 Å². The van der Waals surface area contributed by atoms with Gasteiger partial charge in [-0.3, -0.25) is 9.59 Å².